The molecule has 0 spiro atoms. The molecule has 0 rings (SSSR count). The van der Waals surface area contributed by atoms with Gasteiger partial charge >= 0.3 is 5.97 Å². The first-order valence-corrected chi connectivity index (χ1v) is 25.6. The summed E-state index contributed by atoms with van der Waals surface area (Å²) in [7, 11) is 4.18. The molecule has 0 aromatic heterocycles. The number of amides is 1. The molecule has 0 aromatic rings. The van der Waals surface area contributed by atoms with Gasteiger partial charge in [-0.05, 0) is 84.8 Å². The van der Waals surface area contributed by atoms with Gasteiger partial charge in [-0.15, -0.1) is 0 Å². The Morgan fingerprint density at radius 3 is 1.19 bits per heavy atom. The highest BCUT2D eigenvalue weighted by atomic mass is 19.1. The van der Waals surface area contributed by atoms with Crippen molar-refractivity contribution >= 4 is 11.9 Å². The van der Waals surface area contributed by atoms with Gasteiger partial charge in [0.1, 0.15) is 6.10 Å². The Morgan fingerprint density at radius 1 is 0.439 bits per heavy atom. The number of hydrogen-bond donors (Lipinski definition) is 0. The fraction of sp³-hybridized carbons (Fsp3) is 0.961. The van der Waals surface area contributed by atoms with Crippen molar-refractivity contribution in [1.29, 1.82) is 0 Å². The molecule has 2 unspecified atom stereocenters. The highest BCUT2D eigenvalue weighted by molar-refractivity contribution is 5.76. The van der Waals surface area contributed by atoms with E-state index in [0.29, 0.717) is 24.8 Å². The average molecular weight is 809 g/mol. The third kappa shape index (κ3) is 36.4. The Labute approximate surface area is 356 Å². The van der Waals surface area contributed by atoms with Crippen molar-refractivity contribution in [3.8, 4) is 0 Å². The van der Waals surface area contributed by atoms with Crippen LogP contribution in [0.1, 0.15) is 272 Å². The molecule has 57 heavy (non-hydrogen) atoms. The van der Waals surface area contributed by atoms with Gasteiger partial charge < -0.3 is 14.5 Å². The summed E-state index contributed by atoms with van der Waals surface area (Å²) < 4.78 is 21.1. The number of esters is 1. The summed E-state index contributed by atoms with van der Waals surface area (Å²) in [5.74, 6) is -0.283. The van der Waals surface area contributed by atoms with E-state index in [2.05, 4.69) is 51.6 Å². The third-order valence-electron chi connectivity index (χ3n) is 12.2. The largest absolute Gasteiger partial charge is 0.460 e. The smallest absolute Gasteiger partial charge is 0.340 e. The average Bonchev–Trinajstić information content (AvgIpc) is 3.19. The minimum Gasteiger partial charge on any atom is -0.460 e. The predicted molar refractivity (Wildman–Crippen MR) is 247 cm³/mol. The molecule has 340 valence electrons. The molecule has 5 nitrogen and oxygen atoms in total. The monoisotopic (exact) mass is 809 g/mol. The molecule has 1 amide bonds. The van der Waals surface area contributed by atoms with E-state index in [-0.39, 0.29) is 12.5 Å². The molecule has 0 aliphatic carbocycles. The molecule has 0 N–H and O–H groups in total. The Morgan fingerprint density at radius 2 is 0.789 bits per heavy atom. The maximum Gasteiger partial charge on any atom is 0.340 e. The van der Waals surface area contributed by atoms with Gasteiger partial charge in [-0.3, -0.25) is 4.79 Å². The minimum atomic E-state index is -1.52. The summed E-state index contributed by atoms with van der Waals surface area (Å²) in [6.07, 6.45) is 41.5. The summed E-state index contributed by atoms with van der Waals surface area (Å²) in [5.41, 5.74) is 0. The van der Waals surface area contributed by atoms with Crippen LogP contribution in [0.25, 0.3) is 0 Å². The Balaban J connectivity index is 5.13. The number of halogens is 1. The number of carbonyl (C=O) groups excluding carboxylic acids is 2. The van der Waals surface area contributed by atoms with Crippen LogP contribution < -0.4 is 0 Å². The van der Waals surface area contributed by atoms with Crippen LogP contribution in [0.5, 0.6) is 0 Å². The van der Waals surface area contributed by atoms with Crippen LogP contribution in [0, 0.1) is 0 Å². The summed E-state index contributed by atoms with van der Waals surface area (Å²) in [5, 5.41) is 0. The Hall–Kier alpha value is -1.17. The highest BCUT2D eigenvalue weighted by Crippen LogP contribution is 2.23. The van der Waals surface area contributed by atoms with E-state index in [1.807, 2.05) is 0 Å². The molecule has 0 saturated carbocycles. The van der Waals surface area contributed by atoms with Gasteiger partial charge in [-0.1, -0.05) is 201 Å². The molecule has 0 aromatic carbocycles. The molecule has 0 heterocycles. The standard InChI is InChI=1S/C51H101FN2O3/c1-7-11-15-19-23-25-31-37-46-54(50(55)44-38-45-53(5)6)47(39-32-26-24-20-16-12-8-2)40-33-29-30-36-43-49(52)51(56)57-48(41-34-27-21-17-13-9-3)42-35-28-22-18-14-10-4/h47-49H,7-46H2,1-6H3. The normalized spacial score (nSPS) is 12.8. The van der Waals surface area contributed by atoms with Gasteiger partial charge in [-0.2, -0.15) is 0 Å². The van der Waals surface area contributed by atoms with Crippen molar-refractivity contribution in [3.05, 3.63) is 0 Å². The van der Waals surface area contributed by atoms with E-state index >= 15 is 4.39 Å². The second kappa shape index (κ2) is 42.9. The van der Waals surface area contributed by atoms with Crippen molar-refractivity contribution < 1.29 is 18.7 Å². The number of unbranched alkanes of at least 4 members (excludes halogenated alkanes) is 26. The van der Waals surface area contributed by atoms with Gasteiger partial charge in [-0.25, -0.2) is 9.18 Å². The molecule has 0 bridgehead atoms. The molecular weight excluding hydrogens is 708 g/mol. The second-order valence-corrected chi connectivity index (χ2v) is 18.2. The first-order chi connectivity index (χ1) is 27.8. The van der Waals surface area contributed by atoms with Crippen molar-refractivity contribution in [2.75, 3.05) is 27.2 Å². The summed E-state index contributed by atoms with van der Waals surface area (Å²) >= 11 is 0. The van der Waals surface area contributed by atoms with Gasteiger partial charge in [0, 0.05) is 19.0 Å². The molecule has 0 aliphatic heterocycles. The quantitative estimate of drug-likeness (QED) is 0.0454. The van der Waals surface area contributed by atoms with E-state index in [9.17, 15) is 9.59 Å². The van der Waals surface area contributed by atoms with Gasteiger partial charge in [0.2, 0.25) is 5.91 Å². The molecule has 0 saturated heterocycles. The van der Waals surface area contributed by atoms with Crippen LogP contribution >= 0.6 is 0 Å². The van der Waals surface area contributed by atoms with Gasteiger partial charge in [0.15, 0.2) is 6.17 Å². The number of alkyl halides is 1. The van der Waals surface area contributed by atoms with Crippen LogP contribution in [0.4, 0.5) is 4.39 Å². The molecule has 0 fully saturated rings. The number of carbonyl (C=O) groups is 2. The van der Waals surface area contributed by atoms with Crippen LogP contribution in [-0.4, -0.2) is 67.2 Å². The summed E-state index contributed by atoms with van der Waals surface area (Å²) in [6, 6.07) is 0.302. The van der Waals surface area contributed by atoms with Crippen LogP contribution in [-0.2, 0) is 14.3 Å². The van der Waals surface area contributed by atoms with Crippen molar-refractivity contribution in [2.24, 2.45) is 0 Å². The van der Waals surface area contributed by atoms with E-state index < -0.39 is 12.1 Å². The summed E-state index contributed by atoms with van der Waals surface area (Å²) in [6.45, 7) is 10.9. The van der Waals surface area contributed by atoms with E-state index in [4.69, 9.17) is 4.74 Å². The first-order valence-electron chi connectivity index (χ1n) is 25.6. The lowest BCUT2D eigenvalue weighted by Crippen LogP contribution is -2.41. The Kier molecular flexibility index (Phi) is 42.1. The van der Waals surface area contributed by atoms with E-state index in [0.717, 1.165) is 83.7 Å². The maximum atomic E-state index is 15.2. The van der Waals surface area contributed by atoms with E-state index in [1.165, 1.54) is 154 Å². The number of hydrogen-bond acceptors (Lipinski definition) is 4. The topological polar surface area (TPSA) is 49.9 Å². The zero-order chi connectivity index (χ0) is 42.0. The lowest BCUT2D eigenvalue weighted by molar-refractivity contribution is -0.156. The fourth-order valence-corrected chi connectivity index (χ4v) is 8.39. The minimum absolute atomic E-state index is 0.138. The number of nitrogens with zero attached hydrogens (tertiary/aromatic N) is 2. The Bertz CT molecular complexity index is 838. The van der Waals surface area contributed by atoms with Crippen molar-refractivity contribution in [2.45, 2.75) is 290 Å². The van der Waals surface area contributed by atoms with Crippen molar-refractivity contribution in [3.63, 3.8) is 0 Å². The molecule has 0 aliphatic rings. The van der Waals surface area contributed by atoms with Crippen molar-refractivity contribution in [1.82, 2.24) is 9.80 Å². The van der Waals surface area contributed by atoms with Gasteiger partial charge in [0.05, 0.1) is 0 Å². The lowest BCUT2D eigenvalue weighted by atomic mass is 9.97. The maximum absolute atomic E-state index is 15.2. The zero-order valence-corrected chi connectivity index (χ0v) is 39.5. The highest BCUT2D eigenvalue weighted by Gasteiger charge is 2.24. The molecular formula is C51H101FN2O3. The molecule has 6 heteroatoms. The van der Waals surface area contributed by atoms with Gasteiger partial charge in [0.25, 0.3) is 0 Å². The first kappa shape index (κ1) is 55.8. The van der Waals surface area contributed by atoms with Crippen LogP contribution in [0.3, 0.4) is 0 Å². The molecule has 0 radical (unpaired) electrons. The molecule has 2 atom stereocenters. The fourth-order valence-electron chi connectivity index (χ4n) is 8.39. The lowest BCUT2D eigenvalue weighted by Gasteiger charge is -2.33. The summed E-state index contributed by atoms with van der Waals surface area (Å²) in [4.78, 5) is 31.2. The number of ether oxygens (including phenoxy) is 1. The third-order valence-corrected chi connectivity index (χ3v) is 12.2. The van der Waals surface area contributed by atoms with Crippen LogP contribution in [0.2, 0.25) is 0 Å². The SMILES string of the molecule is CCCCCCCCCCN(C(=O)CCCN(C)C)C(CCCCCCCCC)CCCCCCC(F)C(=O)OC(CCCCCCCC)CCCCCCCC. The van der Waals surface area contributed by atoms with Crippen LogP contribution in [0.15, 0.2) is 0 Å². The van der Waals surface area contributed by atoms with E-state index in [1.54, 1.807) is 0 Å². The zero-order valence-electron chi connectivity index (χ0n) is 39.5. The second-order valence-electron chi connectivity index (χ2n) is 18.2. The predicted octanol–water partition coefficient (Wildman–Crippen LogP) is 15.9. The number of rotatable bonds is 45.